The molecule has 6 nitrogen and oxygen atoms in total. The second-order valence-corrected chi connectivity index (χ2v) is 11.3. The zero-order chi connectivity index (χ0) is 24.8. The van der Waals surface area contributed by atoms with Crippen LogP contribution in [-0.2, 0) is 17.6 Å². The van der Waals surface area contributed by atoms with Crippen molar-refractivity contribution in [3.63, 3.8) is 0 Å². The van der Waals surface area contributed by atoms with Crippen LogP contribution in [-0.4, -0.2) is 42.5 Å². The highest BCUT2D eigenvalue weighted by molar-refractivity contribution is 6.16. The van der Waals surface area contributed by atoms with Crippen molar-refractivity contribution >= 4 is 42.1 Å². The number of hydrogen-bond donors (Lipinski definition) is 2. The monoisotopic (exact) mass is 547 g/mol. The van der Waals surface area contributed by atoms with Crippen molar-refractivity contribution in [2.75, 3.05) is 25.0 Å². The molecule has 1 unspecified atom stereocenters. The number of nitrogens with one attached hydrogen (secondary N) is 2. The summed E-state index contributed by atoms with van der Waals surface area (Å²) in [7, 11) is 0. The number of piperidine rings is 1. The predicted molar refractivity (Wildman–Crippen MR) is 155 cm³/mol. The van der Waals surface area contributed by atoms with E-state index in [0.29, 0.717) is 6.61 Å². The molecular weight excluding hydrogens is 509 g/mol. The van der Waals surface area contributed by atoms with E-state index in [0.717, 1.165) is 72.8 Å². The van der Waals surface area contributed by atoms with Crippen molar-refractivity contribution in [1.29, 1.82) is 0 Å². The van der Waals surface area contributed by atoms with Crippen LogP contribution in [0.3, 0.4) is 0 Å². The topological polar surface area (TPSA) is 72.0 Å². The minimum absolute atomic E-state index is 0. The fraction of sp³-hybridized carbons (Fsp3) is 0.517. The summed E-state index contributed by atoms with van der Waals surface area (Å²) in [6.45, 7) is 12.9. The van der Waals surface area contributed by atoms with Gasteiger partial charge < -0.3 is 20.1 Å². The van der Waals surface area contributed by atoms with E-state index in [4.69, 9.17) is 14.5 Å². The lowest BCUT2D eigenvalue weighted by Gasteiger charge is -2.31. The van der Waals surface area contributed by atoms with Crippen molar-refractivity contribution in [2.24, 2.45) is 10.9 Å². The highest BCUT2D eigenvalue weighted by atomic mass is 35.5. The molecule has 0 spiro atoms. The number of fused-ring (bicyclic) bond motifs is 3. The summed E-state index contributed by atoms with van der Waals surface area (Å²) in [4.78, 5) is 18.1. The Hall–Kier alpha value is -2.28. The van der Waals surface area contributed by atoms with Crippen LogP contribution in [0.25, 0.3) is 0 Å². The Morgan fingerprint density at radius 1 is 1.19 bits per heavy atom. The van der Waals surface area contributed by atoms with Crippen molar-refractivity contribution in [3.05, 3.63) is 52.6 Å². The van der Waals surface area contributed by atoms with Crippen LogP contribution in [0.4, 0.5) is 5.69 Å². The fourth-order valence-corrected chi connectivity index (χ4v) is 5.61. The molecule has 0 aromatic heterocycles. The number of carbonyl (C=O) groups is 1. The standard InChI is InChI=1S/C29H37N3O3.2ClH/c1-6-34-23-14-20-15-28(2,3)32-25(24(20)22-16-29(4,5)35-26(22)23)18-9-7-11-21(13-18)31-27(33)19-10-8-12-30-17-19;;/h7,9,11,13-14,19,30H,6,8,10,12,15-17H2,1-5H3,(H,31,33);2*1H. The molecule has 3 aliphatic heterocycles. The normalized spacial score (nSPS) is 20.7. The van der Waals surface area contributed by atoms with Crippen LogP contribution in [0.15, 0.2) is 35.3 Å². The van der Waals surface area contributed by atoms with Crippen LogP contribution in [0, 0.1) is 5.92 Å². The molecule has 1 amide bonds. The molecule has 3 aliphatic rings. The van der Waals surface area contributed by atoms with Crippen molar-refractivity contribution < 1.29 is 14.3 Å². The van der Waals surface area contributed by atoms with Crippen LogP contribution in [0.1, 0.15) is 69.7 Å². The van der Waals surface area contributed by atoms with Gasteiger partial charge in [-0.2, -0.15) is 0 Å². The average molecular weight is 549 g/mol. The summed E-state index contributed by atoms with van der Waals surface area (Å²) >= 11 is 0. The zero-order valence-corrected chi connectivity index (χ0v) is 24.0. The predicted octanol–water partition coefficient (Wildman–Crippen LogP) is 5.75. The van der Waals surface area contributed by atoms with Gasteiger partial charge in [0.25, 0.3) is 0 Å². The Labute approximate surface area is 232 Å². The van der Waals surface area contributed by atoms with Crippen molar-refractivity contribution in [1.82, 2.24) is 5.32 Å². The van der Waals surface area contributed by atoms with Gasteiger partial charge in [0.1, 0.15) is 5.60 Å². The Balaban J connectivity index is 0.00000190. The Morgan fingerprint density at radius 3 is 2.68 bits per heavy atom. The zero-order valence-electron chi connectivity index (χ0n) is 22.4. The lowest BCUT2D eigenvalue weighted by Crippen LogP contribution is -2.37. The van der Waals surface area contributed by atoms with E-state index in [9.17, 15) is 4.79 Å². The molecular formula is C29H39Cl2N3O3. The molecule has 0 aliphatic carbocycles. The SMILES string of the molecule is CCOc1cc2c(c3c1OC(C)(C)C3)C(c1cccc(NC(=O)C3CCCNC3)c1)=NC(C)(C)C2.Cl.Cl. The number of ether oxygens (including phenoxy) is 2. The largest absolute Gasteiger partial charge is 0.490 e. The van der Waals surface area contributed by atoms with Crippen LogP contribution < -0.4 is 20.1 Å². The molecule has 8 heteroatoms. The summed E-state index contributed by atoms with van der Waals surface area (Å²) in [5.74, 6) is 1.76. The van der Waals surface area contributed by atoms with Crippen LogP contribution in [0.5, 0.6) is 11.5 Å². The second kappa shape index (κ2) is 11.2. The number of benzene rings is 2. The van der Waals surface area contributed by atoms with Crippen molar-refractivity contribution in [3.8, 4) is 11.5 Å². The summed E-state index contributed by atoms with van der Waals surface area (Å²) in [5.41, 5.74) is 5.81. The maximum Gasteiger partial charge on any atom is 0.228 e. The van der Waals surface area contributed by atoms with E-state index in [1.165, 1.54) is 11.1 Å². The summed E-state index contributed by atoms with van der Waals surface area (Å²) < 4.78 is 12.4. The lowest BCUT2D eigenvalue weighted by molar-refractivity contribution is -0.120. The molecule has 0 bridgehead atoms. The number of nitrogens with zero attached hydrogens (tertiary/aromatic N) is 1. The number of hydrogen-bond acceptors (Lipinski definition) is 5. The van der Waals surface area contributed by atoms with E-state index >= 15 is 0 Å². The quantitative estimate of drug-likeness (QED) is 0.499. The second-order valence-electron chi connectivity index (χ2n) is 11.3. The Bertz CT molecular complexity index is 1190. The molecule has 0 radical (unpaired) electrons. The molecule has 1 fully saturated rings. The van der Waals surface area contributed by atoms with Gasteiger partial charge in [-0.1, -0.05) is 12.1 Å². The summed E-state index contributed by atoms with van der Waals surface area (Å²) in [5, 5.41) is 6.47. The van der Waals surface area contributed by atoms with E-state index < -0.39 is 0 Å². The van der Waals surface area contributed by atoms with E-state index in [1.807, 2.05) is 19.1 Å². The van der Waals surface area contributed by atoms with Gasteiger partial charge in [0, 0.05) is 35.3 Å². The number of rotatable bonds is 5. The number of aliphatic imine (C=N–C) groups is 1. The number of amides is 1. The first-order valence-corrected chi connectivity index (χ1v) is 12.9. The number of anilines is 1. The molecule has 2 N–H and O–H groups in total. The molecule has 5 rings (SSSR count). The van der Waals surface area contributed by atoms with E-state index in [-0.39, 0.29) is 47.8 Å². The molecule has 0 saturated carbocycles. The molecule has 1 atom stereocenters. The molecule has 202 valence electrons. The van der Waals surface area contributed by atoms with Crippen LogP contribution >= 0.6 is 24.8 Å². The maximum absolute atomic E-state index is 12.9. The number of halogens is 2. The van der Waals surface area contributed by atoms with Gasteiger partial charge >= 0.3 is 0 Å². The smallest absolute Gasteiger partial charge is 0.228 e. The molecule has 1 saturated heterocycles. The third-order valence-electron chi connectivity index (χ3n) is 7.05. The van der Waals surface area contributed by atoms with Crippen LogP contribution in [0.2, 0.25) is 0 Å². The first-order valence-electron chi connectivity index (χ1n) is 12.9. The molecule has 3 heterocycles. The first-order chi connectivity index (χ1) is 16.7. The Morgan fingerprint density at radius 2 is 1.97 bits per heavy atom. The fourth-order valence-electron chi connectivity index (χ4n) is 5.61. The molecule has 2 aromatic carbocycles. The van der Waals surface area contributed by atoms with E-state index in [2.05, 4.69) is 56.5 Å². The minimum Gasteiger partial charge on any atom is -0.490 e. The third-order valence-corrected chi connectivity index (χ3v) is 7.05. The first kappa shape index (κ1) is 29.3. The lowest BCUT2D eigenvalue weighted by atomic mass is 9.81. The summed E-state index contributed by atoms with van der Waals surface area (Å²) in [6, 6.07) is 10.3. The minimum atomic E-state index is -0.300. The van der Waals surface area contributed by atoms with Gasteiger partial charge in [0.15, 0.2) is 11.5 Å². The van der Waals surface area contributed by atoms with Gasteiger partial charge in [0.2, 0.25) is 5.91 Å². The highest BCUT2D eigenvalue weighted by Gasteiger charge is 2.39. The maximum atomic E-state index is 12.9. The molecule has 2 aromatic rings. The van der Waals surface area contributed by atoms with Crippen molar-refractivity contribution in [2.45, 2.75) is 71.4 Å². The average Bonchev–Trinajstić information content (AvgIpc) is 3.14. The van der Waals surface area contributed by atoms with E-state index in [1.54, 1.807) is 0 Å². The Kier molecular flexibility index (Phi) is 8.88. The highest BCUT2D eigenvalue weighted by Crippen LogP contribution is 2.48. The van der Waals surface area contributed by atoms with Gasteiger partial charge in [-0.25, -0.2) is 0 Å². The molecule has 37 heavy (non-hydrogen) atoms. The van der Waals surface area contributed by atoms with Gasteiger partial charge in [-0.05, 0) is 84.2 Å². The number of carbonyl (C=O) groups excluding carboxylic acids is 1. The summed E-state index contributed by atoms with van der Waals surface area (Å²) in [6.07, 6.45) is 3.60. The van der Waals surface area contributed by atoms with Gasteiger partial charge in [-0.15, -0.1) is 24.8 Å². The van der Waals surface area contributed by atoms with Gasteiger partial charge in [-0.3, -0.25) is 9.79 Å². The third kappa shape index (κ3) is 6.08. The van der Waals surface area contributed by atoms with Gasteiger partial charge in [0.05, 0.1) is 23.8 Å².